The molecule has 1 rings (SSSR count). The zero-order valence-corrected chi connectivity index (χ0v) is 5.74. The number of urea groups is 1. The molecule has 0 aromatic rings. The Bertz CT molecular complexity index is 167. The Labute approximate surface area is 59.1 Å². The van der Waals surface area contributed by atoms with Crippen LogP contribution >= 0.6 is 0 Å². The summed E-state index contributed by atoms with van der Waals surface area (Å²) in [6.07, 6.45) is 2.27. The average molecular weight is 142 g/mol. The zero-order valence-electron chi connectivity index (χ0n) is 5.74. The molecule has 0 saturated carbocycles. The molecular weight excluding hydrogens is 132 g/mol. The van der Waals surface area contributed by atoms with Gasteiger partial charge in [-0.3, -0.25) is 0 Å². The van der Waals surface area contributed by atoms with E-state index in [0.29, 0.717) is 6.54 Å². The van der Waals surface area contributed by atoms with Gasteiger partial charge in [-0.2, -0.15) is 0 Å². The number of aliphatic hydroxyl groups is 1. The van der Waals surface area contributed by atoms with Crippen molar-refractivity contribution in [2.24, 2.45) is 0 Å². The summed E-state index contributed by atoms with van der Waals surface area (Å²) in [5.74, 6) is 0. The van der Waals surface area contributed by atoms with E-state index in [4.69, 9.17) is 5.11 Å². The largest absolute Gasteiger partial charge is 0.370 e. The molecular formula is C6H10N2O2. The van der Waals surface area contributed by atoms with Crippen molar-refractivity contribution in [1.29, 1.82) is 0 Å². The summed E-state index contributed by atoms with van der Waals surface area (Å²) in [6, 6.07) is -0.252. The lowest BCUT2D eigenvalue weighted by atomic mass is 10.4. The highest BCUT2D eigenvalue weighted by molar-refractivity contribution is 5.76. The van der Waals surface area contributed by atoms with E-state index in [9.17, 15) is 4.79 Å². The van der Waals surface area contributed by atoms with Gasteiger partial charge in [-0.05, 0) is 13.0 Å². The Morgan fingerprint density at radius 3 is 3.10 bits per heavy atom. The second kappa shape index (κ2) is 2.70. The Morgan fingerprint density at radius 2 is 2.60 bits per heavy atom. The van der Waals surface area contributed by atoms with Gasteiger partial charge in [0, 0.05) is 12.7 Å². The van der Waals surface area contributed by atoms with E-state index >= 15 is 0 Å². The Morgan fingerprint density at radius 1 is 1.90 bits per heavy atom. The SMILES string of the molecule is CCN1C=CC(O)NC1=O. The normalized spacial score (nSPS) is 24.8. The van der Waals surface area contributed by atoms with Crippen molar-refractivity contribution < 1.29 is 9.90 Å². The minimum atomic E-state index is -0.824. The van der Waals surface area contributed by atoms with Crippen LogP contribution in [0.4, 0.5) is 4.79 Å². The highest BCUT2D eigenvalue weighted by Gasteiger charge is 2.15. The third kappa shape index (κ3) is 1.27. The summed E-state index contributed by atoms with van der Waals surface area (Å²) in [7, 11) is 0. The van der Waals surface area contributed by atoms with Gasteiger partial charge in [0.15, 0.2) is 0 Å². The fraction of sp³-hybridized carbons (Fsp3) is 0.500. The van der Waals surface area contributed by atoms with Crippen molar-refractivity contribution in [3.63, 3.8) is 0 Å². The summed E-state index contributed by atoms with van der Waals surface area (Å²) in [5, 5.41) is 11.2. The van der Waals surface area contributed by atoms with Crippen molar-refractivity contribution in [3.05, 3.63) is 12.3 Å². The quantitative estimate of drug-likeness (QED) is 0.535. The van der Waals surface area contributed by atoms with Gasteiger partial charge in [-0.1, -0.05) is 0 Å². The van der Waals surface area contributed by atoms with Crippen LogP contribution in [0.15, 0.2) is 12.3 Å². The molecule has 0 bridgehead atoms. The first-order chi connectivity index (χ1) is 4.74. The smallest absolute Gasteiger partial charge is 0.323 e. The lowest BCUT2D eigenvalue weighted by Crippen LogP contribution is -2.45. The maximum atomic E-state index is 10.8. The van der Waals surface area contributed by atoms with Gasteiger partial charge in [0.1, 0.15) is 6.23 Å². The van der Waals surface area contributed by atoms with Crippen LogP contribution in [-0.4, -0.2) is 28.8 Å². The van der Waals surface area contributed by atoms with Crippen molar-refractivity contribution >= 4 is 6.03 Å². The van der Waals surface area contributed by atoms with Gasteiger partial charge in [-0.15, -0.1) is 0 Å². The summed E-state index contributed by atoms with van der Waals surface area (Å²) in [4.78, 5) is 12.3. The molecule has 1 unspecified atom stereocenters. The second-order valence-corrected chi connectivity index (χ2v) is 2.02. The van der Waals surface area contributed by atoms with Gasteiger partial charge < -0.3 is 15.3 Å². The summed E-state index contributed by atoms with van der Waals surface area (Å²) < 4.78 is 0. The molecule has 4 nitrogen and oxygen atoms in total. The molecule has 0 aromatic carbocycles. The third-order valence-electron chi connectivity index (χ3n) is 1.32. The van der Waals surface area contributed by atoms with E-state index < -0.39 is 6.23 Å². The van der Waals surface area contributed by atoms with E-state index in [1.807, 2.05) is 6.92 Å². The van der Waals surface area contributed by atoms with E-state index in [1.54, 1.807) is 6.20 Å². The number of nitrogens with zero attached hydrogens (tertiary/aromatic N) is 1. The van der Waals surface area contributed by atoms with Crippen LogP contribution in [0.2, 0.25) is 0 Å². The first kappa shape index (κ1) is 7.08. The summed E-state index contributed by atoms with van der Waals surface area (Å²) in [6.45, 7) is 2.48. The van der Waals surface area contributed by atoms with Crippen molar-refractivity contribution in [2.75, 3.05) is 6.54 Å². The molecule has 0 aliphatic carbocycles. The molecule has 0 fully saturated rings. The standard InChI is InChI=1S/C6H10N2O2/c1-2-8-4-3-5(9)7-6(8)10/h3-5,9H,2H2,1H3,(H,7,10). The van der Waals surface area contributed by atoms with Gasteiger partial charge in [0.25, 0.3) is 0 Å². The lowest BCUT2D eigenvalue weighted by Gasteiger charge is -2.23. The minimum Gasteiger partial charge on any atom is -0.370 e. The number of amides is 2. The van der Waals surface area contributed by atoms with E-state index in [0.717, 1.165) is 0 Å². The fourth-order valence-electron chi connectivity index (χ4n) is 0.760. The molecule has 1 heterocycles. The Kier molecular flexibility index (Phi) is 1.91. The van der Waals surface area contributed by atoms with Gasteiger partial charge in [0.2, 0.25) is 0 Å². The van der Waals surface area contributed by atoms with Crippen LogP contribution < -0.4 is 5.32 Å². The number of hydrogen-bond acceptors (Lipinski definition) is 2. The molecule has 1 aliphatic heterocycles. The van der Waals surface area contributed by atoms with Gasteiger partial charge in [-0.25, -0.2) is 4.79 Å². The number of nitrogens with one attached hydrogen (secondary N) is 1. The fourth-order valence-corrected chi connectivity index (χ4v) is 0.760. The molecule has 1 atom stereocenters. The molecule has 0 spiro atoms. The first-order valence-corrected chi connectivity index (χ1v) is 3.17. The number of hydrogen-bond donors (Lipinski definition) is 2. The predicted octanol–water partition coefficient (Wildman–Crippen LogP) is -0.136. The molecule has 0 radical (unpaired) electrons. The number of rotatable bonds is 1. The van der Waals surface area contributed by atoms with E-state index in [2.05, 4.69) is 5.32 Å². The topological polar surface area (TPSA) is 52.6 Å². The summed E-state index contributed by atoms with van der Waals surface area (Å²) >= 11 is 0. The molecule has 2 amide bonds. The highest BCUT2D eigenvalue weighted by Crippen LogP contribution is 1.98. The molecule has 1 aliphatic rings. The maximum Gasteiger partial charge on any atom is 0.323 e. The zero-order chi connectivity index (χ0) is 7.56. The molecule has 4 heteroatoms. The maximum absolute atomic E-state index is 10.8. The number of carbonyl (C=O) groups is 1. The van der Waals surface area contributed by atoms with Crippen LogP contribution in [-0.2, 0) is 0 Å². The molecule has 0 saturated heterocycles. The van der Waals surface area contributed by atoms with E-state index in [1.165, 1.54) is 11.0 Å². The van der Waals surface area contributed by atoms with Crippen molar-refractivity contribution in [3.8, 4) is 0 Å². The Hall–Kier alpha value is -1.03. The van der Waals surface area contributed by atoms with Gasteiger partial charge in [0.05, 0.1) is 0 Å². The monoisotopic (exact) mass is 142 g/mol. The number of aliphatic hydroxyl groups excluding tert-OH is 1. The van der Waals surface area contributed by atoms with Crippen LogP contribution in [0.5, 0.6) is 0 Å². The minimum absolute atomic E-state index is 0.252. The van der Waals surface area contributed by atoms with Crippen LogP contribution in [0.1, 0.15) is 6.92 Å². The Balaban J connectivity index is 2.62. The molecule has 0 aromatic heterocycles. The van der Waals surface area contributed by atoms with Crippen molar-refractivity contribution in [2.45, 2.75) is 13.2 Å². The molecule has 10 heavy (non-hydrogen) atoms. The lowest BCUT2D eigenvalue weighted by molar-refractivity contribution is 0.154. The van der Waals surface area contributed by atoms with Crippen LogP contribution in [0.25, 0.3) is 0 Å². The van der Waals surface area contributed by atoms with Gasteiger partial charge >= 0.3 is 6.03 Å². The van der Waals surface area contributed by atoms with Crippen molar-refractivity contribution in [1.82, 2.24) is 10.2 Å². The van der Waals surface area contributed by atoms with E-state index in [-0.39, 0.29) is 6.03 Å². The number of carbonyl (C=O) groups excluding carboxylic acids is 1. The molecule has 2 N–H and O–H groups in total. The average Bonchev–Trinajstić information content (AvgIpc) is 1.88. The first-order valence-electron chi connectivity index (χ1n) is 3.17. The second-order valence-electron chi connectivity index (χ2n) is 2.02. The van der Waals surface area contributed by atoms with Crippen LogP contribution in [0.3, 0.4) is 0 Å². The molecule has 56 valence electrons. The summed E-state index contributed by atoms with van der Waals surface area (Å²) in [5.41, 5.74) is 0. The highest BCUT2D eigenvalue weighted by atomic mass is 16.3. The van der Waals surface area contributed by atoms with Crippen LogP contribution in [0, 0.1) is 0 Å². The third-order valence-corrected chi connectivity index (χ3v) is 1.32. The predicted molar refractivity (Wildman–Crippen MR) is 36.1 cm³/mol.